The van der Waals surface area contributed by atoms with Crippen molar-refractivity contribution in [3.8, 4) is 17.5 Å². The first-order chi connectivity index (χ1) is 14.0. The quantitative estimate of drug-likeness (QED) is 0.521. The summed E-state index contributed by atoms with van der Waals surface area (Å²) in [5, 5.41) is 18.7. The molecule has 0 N–H and O–H groups in total. The minimum Gasteiger partial charge on any atom is -0.311 e. The predicted octanol–water partition coefficient (Wildman–Crippen LogP) is 4.48. The van der Waals surface area contributed by atoms with Crippen LogP contribution in [0.4, 0.5) is 5.69 Å². The third-order valence-electron chi connectivity index (χ3n) is 4.36. The second kappa shape index (κ2) is 9.59. The number of benzene rings is 2. The van der Waals surface area contributed by atoms with Crippen molar-refractivity contribution in [3.05, 3.63) is 59.1 Å². The lowest BCUT2D eigenvalue weighted by Gasteiger charge is -2.21. The van der Waals surface area contributed by atoms with E-state index in [1.165, 1.54) is 11.8 Å². The van der Waals surface area contributed by atoms with Gasteiger partial charge >= 0.3 is 0 Å². The smallest absolute Gasteiger partial charge is 0.237 e. The number of carbonyl (C=O) groups is 1. The van der Waals surface area contributed by atoms with E-state index in [0.29, 0.717) is 22.5 Å². The van der Waals surface area contributed by atoms with E-state index in [1.807, 2.05) is 54.9 Å². The van der Waals surface area contributed by atoms with Gasteiger partial charge in [-0.3, -0.25) is 4.79 Å². The largest absolute Gasteiger partial charge is 0.311 e. The first-order valence-corrected chi connectivity index (χ1v) is 10.4. The molecule has 0 saturated heterocycles. The highest BCUT2D eigenvalue weighted by Gasteiger charge is 2.18. The summed E-state index contributed by atoms with van der Waals surface area (Å²) in [4.78, 5) is 14.5. The minimum atomic E-state index is -0.0786. The van der Waals surface area contributed by atoms with Crippen LogP contribution in [0.5, 0.6) is 0 Å². The maximum Gasteiger partial charge on any atom is 0.237 e. The van der Waals surface area contributed by atoms with Crippen LogP contribution in [0.3, 0.4) is 0 Å². The average Bonchev–Trinajstić information content (AvgIpc) is 3.09. The highest BCUT2D eigenvalue weighted by atomic mass is 35.5. The average molecular weight is 426 g/mol. The molecule has 0 bridgehead atoms. The van der Waals surface area contributed by atoms with E-state index >= 15 is 0 Å². The Hall–Kier alpha value is -2.82. The SMILES string of the molecule is Cc1ccc(N(CCC#N)C(=O)CSc2nnc(-c3ccc(Cl)cc3)n2C)cc1. The summed E-state index contributed by atoms with van der Waals surface area (Å²) in [6.45, 7) is 2.35. The van der Waals surface area contributed by atoms with Crippen LogP contribution in [-0.4, -0.2) is 33.0 Å². The maximum atomic E-state index is 12.9. The van der Waals surface area contributed by atoms with Crippen LogP contribution in [0.2, 0.25) is 5.02 Å². The van der Waals surface area contributed by atoms with Gasteiger partial charge < -0.3 is 9.47 Å². The van der Waals surface area contributed by atoms with Crippen LogP contribution in [0.25, 0.3) is 11.4 Å². The van der Waals surface area contributed by atoms with Crippen molar-refractivity contribution in [1.29, 1.82) is 5.26 Å². The molecule has 0 aliphatic rings. The Bertz CT molecular complexity index is 1020. The molecule has 1 amide bonds. The van der Waals surface area contributed by atoms with Crippen LogP contribution in [0.15, 0.2) is 53.7 Å². The number of aryl methyl sites for hydroxylation is 1. The Morgan fingerprint density at radius 3 is 2.52 bits per heavy atom. The van der Waals surface area contributed by atoms with Crippen molar-refractivity contribution < 1.29 is 4.79 Å². The molecule has 1 heterocycles. The Morgan fingerprint density at radius 1 is 1.17 bits per heavy atom. The standard InChI is InChI=1S/C21H20ClN5OS/c1-15-4-10-18(11-5-15)27(13-3-12-23)19(28)14-29-21-25-24-20(26(21)2)16-6-8-17(22)9-7-16/h4-11H,3,13-14H2,1-2H3. The van der Waals surface area contributed by atoms with Crippen LogP contribution in [0.1, 0.15) is 12.0 Å². The fraction of sp³-hybridized carbons (Fsp3) is 0.238. The summed E-state index contributed by atoms with van der Waals surface area (Å²) in [5.74, 6) is 0.827. The summed E-state index contributed by atoms with van der Waals surface area (Å²) in [6, 6.07) is 17.2. The highest BCUT2D eigenvalue weighted by Crippen LogP contribution is 2.25. The number of nitrogens with zero attached hydrogens (tertiary/aromatic N) is 5. The number of hydrogen-bond acceptors (Lipinski definition) is 5. The lowest BCUT2D eigenvalue weighted by molar-refractivity contribution is -0.116. The van der Waals surface area contributed by atoms with Gasteiger partial charge in [0.15, 0.2) is 11.0 Å². The Kier molecular flexibility index (Phi) is 6.91. The summed E-state index contributed by atoms with van der Waals surface area (Å²) < 4.78 is 1.85. The number of thioether (sulfide) groups is 1. The number of nitriles is 1. The summed E-state index contributed by atoms with van der Waals surface area (Å²) >= 11 is 7.27. The van der Waals surface area contributed by atoms with Gasteiger partial charge in [-0.25, -0.2) is 0 Å². The number of amides is 1. The van der Waals surface area contributed by atoms with Gasteiger partial charge in [0.1, 0.15) is 0 Å². The Labute approximate surface area is 179 Å². The van der Waals surface area contributed by atoms with Gasteiger partial charge in [-0.15, -0.1) is 10.2 Å². The van der Waals surface area contributed by atoms with Gasteiger partial charge in [0.05, 0.1) is 18.2 Å². The highest BCUT2D eigenvalue weighted by molar-refractivity contribution is 7.99. The first kappa shape index (κ1) is 20.9. The van der Waals surface area contributed by atoms with Gasteiger partial charge in [-0.2, -0.15) is 5.26 Å². The van der Waals surface area contributed by atoms with E-state index in [9.17, 15) is 4.79 Å². The van der Waals surface area contributed by atoms with E-state index in [2.05, 4.69) is 16.3 Å². The number of halogens is 1. The predicted molar refractivity (Wildman–Crippen MR) is 116 cm³/mol. The van der Waals surface area contributed by atoms with Gasteiger partial charge in [0.25, 0.3) is 0 Å². The Balaban J connectivity index is 1.72. The van der Waals surface area contributed by atoms with Crippen molar-refractivity contribution in [2.45, 2.75) is 18.5 Å². The van der Waals surface area contributed by atoms with Crippen molar-refractivity contribution >= 4 is 35.0 Å². The molecule has 0 saturated carbocycles. The van der Waals surface area contributed by atoms with Crippen molar-refractivity contribution in [2.75, 3.05) is 17.2 Å². The third kappa shape index (κ3) is 5.17. The van der Waals surface area contributed by atoms with Gasteiger partial charge in [-0.1, -0.05) is 41.1 Å². The lowest BCUT2D eigenvalue weighted by atomic mass is 10.2. The molecule has 0 unspecified atom stereocenters. The zero-order valence-electron chi connectivity index (χ0n) is 16.2. The number of hydrogen-bond donors (Lipinski definition) is 0. The molecule has 3 rings (SSSR count). The molecule has 148 valence electrons. The molecular formula is C21H20ClN5OS. The molecule has 6 nitrogen and oxygen atoms in total. The third-order valence-corrected chi connectivity index (χ3v) is 5.61. The van der Waals surface area contributed by atoms with E-state index < -0.39 is 0 Å². The fourth-order valence-corrected chi connectivity index (χ4v) is 3.69. The summed E-state index contributed by atoms with van der Waals surface area (Å²) in [7, 11) is 1.87. The zero-order chi connectivity index (χ0) is 20.8. The number of anilines is 1. The van der Waals surface area contributed by atoms with Crippen molar-refractivity contribution in [1.82, 2.24) is 14.8 Å². The molecule has 0 spiro atoms. The van der Waals surface area contributed by atoms with E-state index in [0.717, 1.165) is 16.8 Å². The second-order valence-corrected chi connectivity index (χ2v) is 7.83. The fourth-order valence-electron chi connectivity index (χ4n) is 2.78. The summed E-state index contributed by atoms with van der Waals surface area (Å²) in [6.07, 6.45) is 0.273. The van der Waals surface area contributed by atoms with Gasteiger partial charge in [-0.05, 0) is 43.3 Å². The van der Waals surface area contributed by atoms with Crippen LogP contribution >= 0.6 is 23.4 Å². The van der Waals surface area contributed by atoms with E-state index in [4.69, 9.17) is 16.9 Å². The molecule has 0 fully saturated rings. The molecule has 0 aliphatic carbocycles. The van der Waals surface area contributed by atoms with Gasteiger partial charge in [0.2, 0.25) is 5.91 Å². The Morgan fingerprint density at radius 2 is 1.86 bits per heavy atom. The van der Waals surface area contributed by atoms with Gasteiger partial charge in [0, 0.05) is 29.9 Å². The minimum absolute atomic E-state index is 0.0786. The number of aromatic nitrogens is 3. The lowest BCUT2D eigenvalue weighted by Crippen LogP contribution is -2.33. The zero-order valence-corrected chi connectivity index (χ0v) is 17.7. The number of carbonyl (C=O) groups excluding carboxylic acids is 1. The summed E-state index contributed by atoms with van der Waals surface area (Å²) in [5.41, 5.74) is 2.80. The molecule has 8 heteroatoms. The number of rotatable bonds is 7. The van der Waals surface area contributed by atoms with Crippen molar-refractivity contribution in [3.63, 3.8) is 0 Å². The monoisotopic (exact) mass is 425 g/mol. The molecule has 0 aliphatic heterocycles. The van der Waals surface area contributed by atoms with E-state index in [1.54, 1.807) is 17.0 Å². The topological polar surface area (TPSA) is 74.8 Å². The van der Waals surface area contributed by atoms with E-state index in [-0.39, 0.29) is 18.1 Å². The second-order valence-electron chi connectivity index (χ2n) is 6.45. The van der Waals surface area contributed by atoms with Crippen LogP contribution in [-0.2, 0) is 11.8 Å². The molecule has 3 aromatic rings. The molecule has 0 radical (unpaired) electrons. The molecule has 2 aromatic carbocycles. The first-order valence-electron chi connectivity index (χ1n) is 9.01. The molecular weight excluding hydrogens is 406 g/mol. The van der Waals surface area contributed by atoms with Crippen LogP contribution < -0.4 is 4.90 Å². The van der Waals surface area contributed by atoms with Crippen molar-refractivity contribution in [2.24, 2.45) is 7.05 Å². The normalized spacial score (nSPS) is 10.6. The molecule has 0 atom stereocenters. The molecule has 1 aromatic heterocycles. The molecule has 29 heavy (non-hydrogen) atoms. The van der Waals surface area contributed by atoms with Crippen LogP contribution in [0, 0.1) is 18.3 Å². The maximum absolute atomic E-state index is 12.9.